The second kappa shape index (κ2) is 6.25. The Morgan fingerprint density at radius 1 is 1.10 bits per heavy atom. The average Bonchev–Trinajstić information content (AvgIpc) is 2.70. The van der Waals surface area contributed by atoms with Crippen LogP contribution in [0.1, 0.15) is 51.9 Å². The van der Waals surface area contributed by atoms with Crippen molar-refractivity contribution in [2.45, 2.75) is 51.9 Å². The first-order valence-corrected chi connectivity index (χ1v) is 9.89. The standard InChI is InChI=1S/C17H27NO2S/c1-14-9-11-18(12-10-14)21(19,20)17-8-4-7-15-5-2-3-6-16(15)13-17/h4,7-8,14-16H,2-3,5-6,9-13H2,1H3. The summed E-state index contributed by atoms with van der Waals surface area (Å²) in [7, 11) is -3.24. The third-order valence-electron chi connectivity index (χ3n) is 5.49. The predicted molar refractivity (Wildman–Crippen MR) is 86.2 cm³/mol. The first-order valence-electron chi connectivity index (χ1n) is 8.45. The molecule has 2 atom stereocenters. The maximum Gasteiger partial charge on any atom is 0.239 e. The van der Waals surface area contributed by atoms with Gasteiger partial charge in [0.2, 0.25) is 10.0 Å². The van der Waals surface area contributed by atoms with Crippen LogP contribution in [-0.2, 0) is 10.0 Å². The van der Waals surface area contributed by atoms with Crippen LogP contribution in [-0.4, -0.2) is 25.8 Å². The fourth-order valence-electron chi connectivity index (χ4n) is 3.96. The normalized spacial score (nSPS) is 32.3. The van der Waals surface area contributed by atoms with E-state index in [1.54, 1.807) is 4.31 Å². The molecule has 3 nitrogen and oxygen atoms in total. The Hall–Kier alpha value is -0.610. The van der Waals surface area contributed by atoms with E-state index in [1.165, 1.54) is 25.7 Å². The molecule has 2 aliphatic carbocycles. The van der Waals surface area contributed by atoms with Gasteiger partial charge in [-0.3, -0.25) is 0 Å². The maximum atomic E-state index is 12.9. The van der Waals surface area contributed by atoms with Crippen molar-refractivity contribution >= 4 is 10.0 Å². The van der Waals surface area contributed by atoms with E-state index in [2.05, 4.69) is 13.0 Å². The Balaban J connectivity index is 1.76. The third-order valence-corrected chi connectivity index (χ3v) is 7.50. The van der Waals surface area contributed by atoms with Gasteiger partial charge in [0.25, 0.3) is 0 Å². The molecular formula is C17H27NO2S. The summed E-state index contributed by atoms with van der Waals surface area (Å²) < 4.78 is 27.5. The number of hydrogen-bond acceptors (Lipinski definition) is 2. The summed E-state index contributed by atoms with van der Waals surface area (Å²) in [6.45, 7) is 3.60. The summed E-state index contributed by atoms with van der Waals surface area (Å²) in [5.74, 6) is 1.77. The minimum Gasteiger partial charge on any atom is -0.207 e. The minimum absolute atomic E-state index is 0.530. The van der Waals surface area contributed by atoms with Crippen molar-refractivity contribution in [2.24, 2.45) is 17.8 Å². The lowest BCUT2D eigenvalue weighted by Gasteiger charge is -2.32. The lowest BCUT2D eigenvalue weighted by atomic mass is 9.78. The van der Waals surface area contributed by atoms with E-state index < -0.39 is 10.0 Å². The van der Waals surface area contributed by atoms with Crippen LogP contribution >= 0.6 is 0 Å². The molecule has 3 aliphatic rings. The number of fused-ring (bicyclic) bond motifs is 1. The molecule has 1 heterocycles. The summed E-state index contributed by atoms with van der Waals surface area (Å²) in [5, 5.41) is 0. The molecule has 4 heteroatoms. The zero-order valence-electron chi connectivity index (χ0n) is 13.0. The van der Waals surface area contributed by atoms with Gasteiger partial charge in [0.05, 0.1) is 4.91 Å². The fraction of sp³-hybridized carbons (Fsp3) is 0.765. The molecule has 2 fully saturated rings. The quantitative estimate of drug-likeness (QED) is 0.780. The first-order chi connectivity index (χ1) is 10.1. The van der Waals surface area contributed by atoms with Crippen LogP contribution in [0.25, 0.3) is 0 Å². The Morgan fingerprint density at radius 2 is 1.81 bits per heavy atom. The lowest BCUT2D eigenvalue weighted by molar-refractivity contribution is 0.278. The summed E-state index contributed by atoms with van der Waals surface area (Å²) in [6, 6.07) is 0. The van der Waals surface area contributed by atoms with Crippen LogP contribution in [0.2, 0.25) is 0 Å². The van der Waals surface area contributed by atoms with Crippen LogP contribution < -0.4 is 0 Å². The largest absolute Gasteiger partial charge is 0.239 e. The van der Waals surface area contributed by atoms with Crippen molar-refractivity contribution < 1.29 is 8.42 Å². The van der Waals surface area contributed by atoms with E-state index in [0.29, 0.717) is 35.7 Å². The average molecular weight is 309 g/mol. The smallest absolute Gasteiger partial charge is 0.207 e. The molecule has 0 aromatic carbocycles. The molecule has 0 radical (unpaired) electrons. The molecule has 0 aromatic heterocycles. The molecule has 0 amide bonds. The van der Waals surface area contributed by atoms with Crippen LogP contribution in [0.4, 0.5) is 0 Å². The van der Waals surface area contributed by atoms with Gasteiger partial charge in [-0.2, -0.15) is 4.31 Å². The van der Waals surface area contributed by atoms with Crippen molar-refractivity contribution in [1.29, 1.82) is 0 Å². The topological polar surface area (TPSA) is 37.4 Å². The van der Waals surface area contributed by atoms with Gasteiger partial charge in [-0.1, -0.05) is 31.9 Å². The van der Waals surface area contributed by atoms with E-state index >= 15 is 0 Å². The highest BCUT2D eigenvalue weighted by Gasteiger charge is 2.33. The summed E-state index contributed by atoms with van der Waals surface area (Å²) in [5.41, 5.74) is 0. The van der Waals surface area contributed by atoms with Crippen LogP contribution in [0, 0.1) is 17.8 Å². The van der Waals surface area contributed by atoms with Crippen molar-refractivity contribution in [3.05, 3.63) is 23.1 Å². The predicted octanol–water partition coefficient (Wildman–Crippen LogP) is 3.70. The molecule has 1 saturated heterocycles. The first kappa shape index (κ1) is 15.3. The Bertz CT molecular complexity index is 527. The van der Waals surface area contributed by atoms with Gasteiger partial charge in [-0.15, -0.1) is 0 Å². The molecule has 1 saturated carbocycles. The molecule has 21 heavy (non-hydrogen) atoms. The molecular weight excluding hydrogens is 282 g/mol. The van der Waals surface area contributed by atoms with E-state index in [1.807, 2.05) is 12.2 Å². The highest BCUT2D eigenvalue weighted by atomic mass is 32.2. The van der Waals surface area contributed by atoms with Crippen molar-refractivity contribution in [1.82, 2.24) is 4.31 Å². The second-order valence-electron chi connectivity index (χ2n) is 7.02. The van der Waals surface area contributed by atoms with Gasteiger partial charge in [-0.05, 0) is 55.9 Å². The lowest BCUT2D eigenvalue weighted by Crippen LogP contribution is -2.38. The summed E-state index contributed by atoms with van der Waals surface area (Å²) >= 11 is 0. The Kier molecular flexibility index (Phi) is 4.55. The zero-order chi connectivity index (χ0) is 14.9. The van der Waals surface area contributed by atoms with Crippen LogP contribution in [0.3, 0.4) is 0 Å². The van der Waals surface area contributed by atoms with Crippen molar-refractivity contribution in [3.63, 3.8) is 0 Å². The molecule has 0 N–H and O–H groups in total. The van der Waals surface area contributed by atoms with E-state index in [0.717, 1.165) is 19.3 Å². The monoisotopic (exact) mass is 309 g/mol. The summed E-state index contributed by atoms with van der Waals surface area (Å²) in [6.07, 6.45) is 13.8. The highest BCUT2D eigenvalue weighted by Crippen LogP contribution is 2.38. The highest BCUT2D eigenvalue weighted by molar-refractivity contribution is 7.93. The molecule has 3 rings (SSSR count). The van der Waals surface area contributed by atoms with Crippen molar-refractivity contribution in [3.8, 4) is 0 Å². The van der Waals surface area contributed by atoms with E-state index in [4.69, 9.17) is 0 Å². The van der Waals surface area contributed by atoms with Gasteiger partial charge in [0.1, 0.15) is 0 Å². The number of nitrogens with zero attached hydrogens (tertiary/aromatic N) is 1. The van der Waals surface area contributed by atoms with Crippen LogP contribution in [0.15, 0.2) is 23.1 Å². The number of rotatable bonds is 2. The number of sulfonamides is 1. The third kappa shape index (κ3) is 3.26. The van der Waals surface area contributed by atoms with Gasteiger partial charge < -0.3 is 0 Å². The minimum atomic E-state index is -3.24. The summed E-state index contributed by atoms with van der Waals surface area (Å²) in [4.78, 5) is 0.655. The Labute approximate surface area is 129 Å². The van der Waals surface area contributed by atoms with E-state index in [9.17, 15) is 8.42 Å². The SMILES string of the molecule is CC1CCN(S(=O)(=O)C2=CC=CC3CCCCC3C2)CC1. The molecule has 118 valence electrons. The van der Waals surface area contributed by atoms with Gasteiger partial charge in [0, 0.05) is 13.1 Å². The van der Waals surface area contributed by atoms with E-state index in [-0.39, 0.29) is 0 Å². The molecule has 0 spiro atoms. The number of allylic oxidation sites excluding steroid dienone is 4. The molecule has 0 bridgehead atoms. The zero-order valence-corrected chi connectivity index (χ0v) is 13.8. The second-order valence-corrected chi connectivity index (χ2v) is 9.01. The van der Waals surface area contributed by atoms with Gasteiger partial charge >= 0.3 is 0 Å². The Morgan fingerprint density at radius 3 is 2.57 bits per heavy atom. The van der Waals surface area contributed by atoms with Crippen molar-refractivity contribution in [2.75, 3.05) is 13.1 Å². The molecule has 2 unspecified atom stereocenters. The fourth-order valence-corrected chi connectivity index (χ4v) is 5.66. The molecule has 0 aromatic rings. The number of piperidine rings is 1. The number of hydrogen-bond donors (Lipinski definition) is 0. The van der Waals surface area contributed by atoms with Gasteiger partial charge in [0.15, 0.2) is 0 Å². The maximum absolute atomic E-state index is 12.9. The van der Waals surface area contributed by atoms with Gasteiger partial charge in [-0.25, -0.2) is 8.42 Å². The van der Waals surface area contributed by atoms with Crippen LogP contribution in [0.5, 0.6) is 0 Å². The molecule has 1 aliphatic heterocycles.